The monoisotopic (exact) mass is 237 g/mol. The van der Waals surface area contributed by atoms with Gasteiger partial charge in [-0.15, -0.1) is 12.6 Å². The molecule has 0 fully saturated rings. The molecule has 4 heteroatoms. The Labute approximate surface area is 104 Å². The molecule has 1 rings (SSSR count). The fourth-order valence-corrected chi connectivity index (χ4v) is 1.06. The zero-order valence-corrected chi connectivity index (χ0v) is 11.1. The summed E-state index contributed by atoms with van der Waals surface area (Å²) in [6, 6.07) is 7.64. The van der Waals surface area contributed by atoms with Gasteiger partial charge in [-0.05, 0) is 39.8 Å². The third-order valence-electron chi connectivity index (χ3n) is 2.86. The zero-order valence-electron chi connectivity index (χ0n) is 10.2. The molecule has 0 aliphatic carbocycles. The van der Waals surface area contributed by atoms with E-state index < -0.39 is 11.2 Å². The quantitative estimate of drug-likeness (QED) is 0.617. The van der Waals surface area contributed by atoms with E-state index in [0.29, 0.717) is 0 Å². The number of benzene rings is 1. The van der Waals surface area contributed by atoms with E-state index in [1.54, 1.807) is 21.3 Å². The van der Waals surface area contributed by atoms with Gasteiger partial charge in [-0.1, -0.05) is 17.6 Å². The van der Waals surface area contributed by atoms with Crippen molar-refractivity contribution in [2.75, 3.05) is 0 Å². The number of aliphatic hydroxyl groups is 1. The van der Waals surface area contributed by atoms with Crippen LogP contribution in [-0.2, 0) is 4.65 Å². The minimum Gasteiger partial charge on any atom is -0.427 e. The molecular formula is C12H18BO2S. The fourth-order valence-electron chi connectivity index (χ4n) is 0.912. The Kier molecular flexibility index (Phi) is 4.10. The molecule has 0 saturated carbocycles. The number of hydrogen-bond donors (Lipinski definition) is 2. The smallest absolute Gasteiger partial charge is 0.330 e. The predicted molar refractivity (Wildman–Crippen MR) is 70.5 cm³/mol. The van der Waals surface area contributed by atoms with Crippen LogP contribution in [0, 0.1) is 0 Å². The lowest BCUT2D eigenvalue weighted by Crippen LogP contribution is -2.49. The second-order valence-electron chi connectivity index (χ2n) is 4.90. The van der Waals surface area contributed by atoms with E-state index in [-0.39, 0.29) is 0 Å². The lowest BCUT2D eigenvalue weighted by molar-refractivity contribution is -0.0893. The Morgan fingerprint density at radius 1 is 1.12 bits per heavy atom. The molecule has 0 atom stereocenters. The van der Waals surface area contributed by atoms with Gasteiger partial charge in [0.2, 0.25) is 0 Å². The maximum atomic E-state index is 9.91. The minimum absolute atomic E-state index is 0.632. The van der Waals surface area contributed by atoms with Crippen LogP contribution >= 0.6 is 12.6 Å². The summed E-state index contributed by atoms with van der Waals surface area (Å²) in [6.07, 6.45) is 0. The third-order valence-corrected chi connectivity index (χ3v) is 3.15. The molecule has 1 N–H and O–H groups in total. The van der Waals surface area contributed by atoms with Gasteiger partial charge in [0, 0.05) is 4.90 Å². The van der Waals surface area contributed by atoms with Gasteiger partial charge in [-0.2, -0.15) is 0 Å². The van der Waals surface area contributed by atoms with Crippen LogP contribution in [-0.4, -0.2) is 23.8 Å². The standard InChI is InChI=1S/C12H18BO2S/c1-11(2,14)12(3,4)15-13-9-5-7-10(16)8-6-9/h5-8,14,16H,1-4H3. The molecule has 0 aromatic heterocycles. The molecule has 2 nitrogen and oxygen atoms in total. The molecule has 16 heavy (non-hydrogen) atoms. The number of hydrogen-bond acceptors (Lipinski definition) is 3. The highest BCUT2D eigenvalue weighted by Gasteiger charge is 2.35. The van der Waals surface area contributed by atoms with Crippen molar-refractivity contribution < 1.29 is 9.76 Å². The van der Waals surface area contributed by atoms with Gasteiger partial charge < -0.3 is 9.76 Å². The van der Waals surface area contributed by atoms with Crippen molar-refractivity contribution in [1.82, 2.24) is 0 Å². The second kappa shape index (κ2) is 4.82. The second-order valence-corrected chi connectivity index (χ2v) is 5.41. The van der Waals surface area contributed by atoms with Crippen LogP contribution in [0.2, 0.25) is 0 Å². The van der Waals surface area contributed by atoms with Gasteiger partial charge in [-0.3, -0.25) is 0 Å². The van der Waals surface area contributed by atoms with Crippen molar-refractivity contribution in [3.05, 3.63) is 24.3 Å². The highest BCUT2D eigenvalue weighted by Crippen LogP contribution is 2.24. The summed E-state index contributed by atoms with van der Waals surface area (Å²) in [5.74, 6) is 0. The fraction of sp³-hybridized carbons (Fsp3) is 0.500. The number of thiol groups is 1. The molecule has 0 bridgehead atoms. The van der Waals surface area contributed by atoms with E-state index in [9.17, 15) is 5.11 Å². The Morgan fingerprint density at radius 3 is 2.06 bits per heavy atom. The molecule has 0 aliphatic rings. The highest BCUT2D eigenvalue weighted by atomic mass is 32.1. The summed E-state index contributed by atoms with van der Waals surface area (Å²) < 4.78 is 5.62. The van der Waals surface area contributed by atoms with Crippen LogP contribution in [0.15, 0.2) is 29.2 Å². The lowest BCUT2D eigenvalue weighted by Gasteiger charge is -2.37. The first-order valence-corrected chi connectivity index (χ1v) is 5.69. The molecule has 0 unspecified atom stereocenters. The largest absolute Gasteiger partial charge is 0.427 e. The summed E-state index contributed by atoms with van der Waals surface area (Å²) in [4.78, 5) is 0.916. The topological polar surface area (TPSA) is 29.5 Å². The first-order valence-electron chi connectivity index (χ1n) is 5.25. The summed E-state index contributed by atoms with van der Waals surface area (Å²) in [6.45, 7) is 7.18. The molecular weight excluding hydrogens is 219 g/mol. The molecule has 0 amide bonds. The van der Waals surface area contributed by atoms with Crippen LogP contribution in [0.3, 0.4) is 0 Å². The van der Waals surface area contributed by atoms with Crippen LogP contribution in [0.5, 0.6) is 0 Å². The van der Waals surface area contributed by atoms with E-state index in [1.807, 2.05) is 38.1 Å². The van der Waals surface area contributed by atoms with Crippen LogP contribution in [0.4, 0.5) is 0 Å². The maximum absolute atomic E-state index is 9.91. The summed E-state index contributed by atoms with van der Waals surface area (Å²) >= 11 is 4.21. The van der Waals surface area contributed by atoms with Crippen molar-refractivity contribution in [3.63, 3.8) is 0 Å². The normalized spacial score (nSPS) is 12.6. The van der Waals surface area contributed by atoms with Crippen molar-refractivity contribution in [2.24, 2.45) is 0 Å². The van der Waals surface area contributed by atoms with E-state index in [0.717, 1.165) is 10.4 Å². The van der Waals surface area contributed by atoms with Gasteiger partial charge in [0.25, 0.3) is 0 Å². The Balaban J connectivity index is 2.61. The van der Waals surface area contributed by atoms with Crippen molar-refractivity contribution >= 4 is 25.6 Å². The van der Waals surface area contributed by atoms with Gasteiger partial charge in [0.15, 0.2) is 0 Å². The lowest BCUT2D eigenvalue weighted by atomic mass is 9.83. The molecule has 1 aromatic carbocycles. The van der Waals surface area contributed by atoms with Gasteiger partial charge >= 0.3 is 7.48 Å². The Hall–Kier alpha value is -0.445. The minimum atomic E-state index is -0.896. The summed E-state index contributed by atoms with van der Waals surface area (Å²) in [5.41, 5.74) is -0.574. The van der Waals surface area contributed by atoms with E-state index in [2.05, 4.69) is 12.6 Å². The molecule has 87 valence electrons. The maximum Gasteiger partial charge on any atom is 0.330 e. The first kappa shape index (κ1) is 13.6. The predicted octanol–water partition coefficient (Wildman–Crippen LogP) is 1.79. The van der Waals surface area contributed by atoms with Crippen LogP contribution in [0.25, 0.3) is 0 Å². The Morgan fingerprint density at radius 2 is 1.62 bits per heavy atom. The Bertz CT molecular complexity index is 341. The average Bonchev–Trinajstić information content (AvgIpc) is 2.15. The first-order chi connectivity index (χ1) is 7.22. The molecule has 0 aliphatic heterocycles. The van der Waals surface area contributed by atoms with Crippen molar-refractivity contribution in [2.45, 2.75) is 43.8 Å². The molecule has 0 heterocycles. The van der Waals surface area contributed by atoms with E-state index >= 15 is 0 Å². The molecule has 0 saturated heterocycles. The zero-order chi connectivity index (χ0) is 12.4. The van der Waals surface area contributed by atoms with Crippen molar-refractivity contribution in [1.29, 1.82) is 0 Å². The number of rotatable bonds is 4. The summed E-state index contributed by atoms with van der Waals surface area (Å²) in [5, 5.41) is 9.91. The van der Waals surface area contributed by atoms with Crippen molar-refractivity contribution in [3.8, 4) is 0 Å². The van der Waals surface area contributed by atoms with Gasteiger partial charge in [0.1, 0.15) is 0 Å². The van der Waals surface area contributed by atoms with Gasteiger partial charge in [0.05, 0.1) is 11.2 Å². The summed E-state index contributed by atoms with van der Waals surface area (Å²) in [7, 11) is 1.66. The van der Waals surface area contributed by atoms with E-state index in [4.69, 9.17) is 4.65 Å². The average molecular weight is 237 g/mol. The third kappa shape index (κ3) is 3.54. The van der Waals surface area contributed by atoms with E-state index in [1.165, 1.54) is 0 Å². The van der Waals surface area contributed by atoms with Crippen LogP contribution < -0.4 is 5.46 Å². The SMILES string of the molecule is CC(C)(O)C(C)(C)O[B]c1ccc(S)cc1. The molecule has 1 radical (unpaired) electrons. The molecule has 1 aromatic rings. The highest BCUT2D eigenvalue weighted by molar-refractivity contribution is 7.80. The molecule has 0 spiro atoms. The van der Waals surface area contributed by atoms with Gasteiger partial charge in [-0.25, -0.2) is 0 Å². The van der Waals surface area contributed by atoms with Crippen LogP contribution in [0.1, 0.15) is 27.7 Å².